The number of rotatable bonds is 9. The van der Waals surface area contributed by atoms with Gasteiger partial charge in [-0.05, 0) is 60.7 Å². The normalized spacial score (nSPS) is 11.2. The van der Waals surface area contributed by atoms with Gasteiger partial charge in [0.15, 0.2) is 0 Å². The molecule has 33 heavy (non-hydrogen) atoms. The molecule has 3 rings (SSSR count). The van der Waals surface area contributed by atoms with Crippen molar-refractivity contribution in [1.29, 1.82) is 0 Å². The van der Waals surface area contributed by atoms with Crippen molar-refractivity contribution in [3.63, 3.8) is 0 Å². The van der Waals surface area contributed by atoms with Gasteiger partial charge in [-0.2, -0.15) is 5.10 Å². The van der Waals surface area contributed by atoms with E-state index in [0.717, 1.165) is 4.31 Å². The van der Waals surface area contributed by atoms with E-state index in [1.54, 1.807) is 24.3 Å². The maximum atomic E-state index is 13.4. The molecular formula is C22H22N4O6S. The van der Waals surface area contributed by atoms with Crippen LogP contribution in [0.2, 0.25) is 0 Å². The van der Waals surface area contributed by atoms with Crippen LogP contribution in [0.3, 0.4) is 0 Å². The molecule has 11 heteroatoms. The first-order valence-electron chi connectivity index (χ1n) is 9.69. The van der Waals surface area contributed by atoms with Gasteiger partial charge in [-0.1, -0.05) is 0 Å². The molecule has 0 saturated heterocycles. The molecule has 10 nitrogen and oxygen atoms in total. The van der Waals surface area contributed by atoms with Crippen molar-refractivity contribution in [1.82, 2.24) is 5.43 Å². The molecule has 0 atom stereocenters. The summed E-state index contributed by atoms with van der Waals surface area (Å²) in [6.45, 7) is 0.820. The van der Waals surface area contributed by atoms with E-state index in [-0.39, 0.29) is 16.5 Å². The number of nitrogens with zero attached hydrogens (tertiary/aromatic N) is 2. The molecule has 0 radical (unpaired) electrons. The molecule has 172 valence electrons. The van der Waals surface area contributed by atoms with E-state index in [0.29, 0.717) is 17.2 Å². The molecule has 0 aliphatic carbocycles. The van der Waals surface area contributed by atoms with Gasteiger partial charge >= 0.3 is 0 Å². The van der Waals surface area contributed by atoms with Crippen LogP contribution in [0.25, 0.3) is 0 Å². The first kappa shape index (κ1) is 23.5. The third-order valence-corrected chi connectivity index (χ3v) is 6.12. The Kier molecular flexibility index (Phi) is 7.46. The highest BCUT2D eigenvalue weighted by atomic mass is 32.2. The molecule has 0 spiro atoms. The molecule has 2 N–H and O–H groups in total. The van der Waals surface area contributed by atoms with Gasteiger partial charge in [0.2, 0.25) is 5.91 Å². The van der Waals surface area contributed by atoms with E-state index in [9.17, 15) is 18.0 Å². The van der Waals surface area contributed by atoms with Gasteiger partial charge in [-0.3, -0.25) is 13.9 Å². The Labute approximate surface area is 190 Å². The molecule has 0 aliphatic rings. The zero-order valence-corrected chi connectivity index (χ0v) is 18.7. The summed E-state index contributed by atoms with van der Waals surface area (Å²) in [4.78, 5) is 23.7. The highest BCUT2D eigenvalue weighted by Gasteiger charge is 2.27. The van der Waals surface area contributed by atoms with E-state index < -0.39 is 22.5 Å². The standard InChI is InChI=1S/C22H22N4O6S/c1-16(27)24-17-5-11-21(12-6-17)33(29,30)26(18-7-9-19(31-2)10-8-18)15-22(28)25-23-14-20-4-3-13-32-20/h3-14H,15H2,1-2H3,(H,24,27)(H,25,28)/b23-14-. The summed E-state index contributed by atoms with van der Waals surface area (Å²) in [7, 11) is -2.64. The third-order valence-electron chi connectivity index (χ3n) is 4.33. The Morgan fingerprint density at radius 3 is 2.36 bits per heavy atom. The van der Waals surface area contributed by atoms with Gasteiger partial charge in [0.25, 0.3) is 15.9 Å². The Balaban J connectivity index is 1.86. The molecule has 2 aromatic carbocycles. The fraction of sp³-hybridized carbons (Fsp3) is 0.136. The van der Waals surface area contributed by atoms with E-state index in [1.807, 2.05) is 0 Å². The molecule has 1 heterocycles. The number of carbonyl (C=O) groups excluding carboxylic acids is 2. The second kappa shape index (κ2) is 10.5. The van der Waals surface area contributed by atoms with Crippen LogP contribution in [0.1, 0.15) is 12.7 Å². The van der Waals surface area contributed by atoms with Gasteiger partial charge in [0.1, 0.15) is 18.1 Å². The number of methoxy groups -OCH3 is 1. The minimum absolute atomic E-state index is 0.0562. The highest BCUT2D eigenvalue weighted by Crippen LogP contribution is 2.26. The van der Waals surface area contributed by atoms with Crippen molar-refractivity contribution < 1.29 is 27.2 Å². The molecular weight excluding hydrogens is 448 g/mol. The summed E-state index contributed by atoms with van der Waals surface area (Å²) in [6.07, 6.45) is 2.75. The minimum atomic E-state index is -4.13. The second-order valence-electron chi connectivity index (χ2n) is 6.72. The fourth-order valence-electron chi connectivity index (χ4n) is 2.80. The van der Waals surface area contributed by atoms with Crippen molar-refractivity contribution in [3.05, 3.63) is 72.7 Å². The lowest BCUT2D eigenvalue weighted by Gasteiger charge is -2.24. The number of hydrazone groups is 1. The fourth-order valence-corrected chi connectivity index (χ4v) is 4.22. The summed E-state index contributed by atoms with van der Waals surface area (Å²) in [5.41, 5.74) is 2.99. The molecule has 1 aromatic heterocycles. The largest absolute Gasteiger partial charge is 0.497 e. The van der Waals surface area contributed by atoms with E-state index in [2.05, 4.69) is 15.8 Å². The molecule has 0 fully saturated rings. The zero-order chi connectivity index (χ0) is 23.8. The number of ether oxygens (including phenoxy) is 1. The van der Waals surface area contributed by atoms with Crippen LogP contribution in [0.4, 0.5) is 11.4 Å². The maximum absolute atomic E-state index is 13.4. The van der Waals surface area contributed by atoms with Gasteiger partial charge in [0, 0.05) is 12.6 Å². The number of hydrogen-bond acceptors (Lipinski definition) is 7. The number of carbonyl (C=O) groups is 2. The van der Waals surface area contributed by atoms with Crippen molar-refractivity contribution in [2.75, 3.05) is 23.3 Å². The maximum Gasteiger partial charge on any atom is 0.264 e. The average molecular weight is 471 g/mol. The predicted octanol–water partition coefficient (Wildman–Crippen LogP) is 2.59. The summed E-state index contributed by atoms with van der Waals surface area (Å²) in [5.74, 6) is 0.0155. The van der Waals surface area contributed by atoms with Crippen LogP contribution in [0, 0.1) is 0 Å². The van der Waals surface area contributed by atoms with E-state index >= 15 is 0 Å². The Bertz CT molecular complexity index is 1220. The molecule has 0 bridgehead atoms. The van der Waals surface area contributed by atoms with Crippen LogP contribution in [0.5, 0.6) is 5.75 Å². The predicted molar refractivity (Wildman–Crippen MR) is 123 cm³/mol. The summed E-state index contributed by atoms with van der Waals surface area (Å²) in [6, 6.07) is 15.2. The Morgan fingerprint density at radius 2 is 1.79 bits per heavy atom. The number of hydrogen-bond donors (Lipinski definition) is 2. The number of sulfonamides is 1. The average Bonchev–Trinajstić information content (AvgIpc) is 3.31. The summed E-state index contributed by atoms with van der Waals surface area (Å²) in [5, 5.41) is 6.36. The molecule has 0 unspecified atom stereocenters. The number of benzene rings is 2. The lowest BCUT2D eigenvalue weighted by Crippen LogP contribution is -2.39. The summed E-state index contributed by atoms with van der Waals surface area (Å²) < 4.78 is 37.9. The van der Waals surface area contributed by atoms with Crippen LogP contribution >= 0.6 is 0 Å². The van der Waals surface area contributed by atoms with E-state index in [4.69, 9.17) is 9.15 Å². The first-order valence-corrected chi connectivity index (χ1v) is 11.1. The van der Waals surface area contributed by atoms with Gasteiger partial charge in [-0.25, -0.2) is 13.8 Å². The Morgan fingerprint density at radius 1 is 1.09 bits per heavy atom. The summed E-state index contributed by atoms with van der Waals surface area (Å²) >= 11 is 0. The van der Waals surface area contributed by atoms with Crippen LogP contribution in [0.15, 0.2) is 81.3 Å². The smallest absolute Gasteiger partial charge is 0.264 e. The van der Waals surface area contributed by atoms with Crippen molar-refractivity contribution >= 4 is 39.4 Å². The Hall–Kier alpha value is -4.12. The van der Waals surface area contributed by atoms with Crippen molar-refractivity contribution in [2.24, 2.45) is 5.10 Å². The number of nitrogens with one attached hydrogen (secondary N) is 2. The highest BCUT2D eigenvalue weighted by molar-refractivity contribution is 7.92. The minimum Gasteiger partial charge on any atom is -0.497 e. The topological polar surface area (TPSA) is 130 Å². The first-order chi connectivity index (χ1) is 15.8. The number of furan rings is 1. The van der Waals surface area contributed by atoms with Crippen molar-refractivity contribution in [2.45, 2.75) is 11.8 Å². The van der Waals surface area contributed by atoms with Gasteiger partial charge in [0.05, 0.1) is 30.2 Å². The lowest BCUT2D eigenvalue weighted by atomic mass is 10.3. The lowest BCUT2D eigenvalue weighted by molar-refractivity contribution is -0.119. The van der Waals surface area contributed by atoms with Crippen molar-refractivity contribution in [3.8, 4) is 5.75 Å². The van der Waals surface area contributed by atoms with Crippen LogP contribution < -0.4 is 19.8 Å². The third kappa shape index (κ3) is 6.20. The van der Waals surface area contributed by atoms with Crippen LogP contribution in [-0.2, 0) is 19.6 Å². The second-order valence-corrected chi connectivity index (χ2v) is 8.59. The van der Waals surface area contributed by atoms with Gasteiger partial charge in [-0.15, -0.1) is 0 Å². The van der Waals surface area contributed by atoms with Crippen LogP contribution in [-0.4, -0.2) is 40.1 Å². The zero-order valence-electron chi connectivity index (χ0n) is 17.9. The number of amides is 2. The van der Waals surface area contributed by atoms with Gasteiger partial charge < -0.3 is 14.5 Å². The quantitative estimate of drug-likeness (QED) is 0.365. The molecule has 3 aromatic rings. The number of anilines is 2. The molecule has 0 saturated carbocycles. The molecule has 2 amide bonds. The SMILES string of the molecule is COc1ccc(N(CC(=O)N/N=C\c2ccco2)S(=O)(=O)c2ccc(NC(C)=O)cc2)cc1. The van der Waals surface area contributed by atoms with E-state index in [1.165, 1.54) is 62.9 Å². The monoisotopic (exact) mass is 470 g/mol. The molecule has 0 aliphatic heterocycles.